The lowest BCUT2D eigenvalue weighted by Crippen LogP contribution is -1.95. The molecule has 3 rings (SSSR count). The summed E-state index contributed by atoms with van der Waals surface area (Å²) in [5.41, 5.74) is 8.35. The Hall–Kier alpha value is -2.40. The predicted octanol–water partition coefficient (Wildman–Crippen LogP) is 2.19. The highest BCUT2D eigenvalue weighted by Crippen LogP contribution is 2.21. The zero-order valence-electron chi connectivity index (χ0n) is 9.63. The van der Waals surface area contributed by atoms with Gasteiger partial charge in [-0.2, -0.15) is 4.98 Å². The van der Waals surface area contributed by atoms with Crippen LogP contribution in [0.3, 0.4) is 0 Å². The number of nitrogens with two attached hydrogens (primary N) is 1. The molecule has 5 heteroatoms. The van der Waals surface area contributed by atoms with Crippen LogP contribution >= 0.6 is 0 Å². The minimum Gasteiger partial charge on any atom is -0.359 e. The van der Waals surface area contributed by atoms with Gasteiger partial charge in [0.15, 0.2) is 0 Å². The minimum absolute atomic E-state index is 0.503. The van der Waals surface area contributed by atoms with Gasteiger partial charge in [-0.25, -0.2) is 0 Å². The van der Waals surface area contributed by atoms with E-state index in [-0.39, 0.29) is 0 Å². The molecule has 0 aliphatic carbocycles. The molecule has 0 unspecified atom stereocenters. The summed E-state index contributed by atoms with van der Waals surface area (Å²) in [6.07, 6.45) is 1.82. The number of hydrogen-bond donors (Lipinski definition) is 2. The van der Waals surface area contributed by atoms with Gasteiger partial charge in [-0.05, 0) is 29.8 Å². The third kappa shape index (κ3) is 1.91. The molecule has 3 N–H and O–H groups in total. The number of aromatic amines is 1. The normalized spacial score (nSPS) is 10.7. The van der Waals surface area contributed by atoms with E-state index in [1.54, 1.807) is 0 Å². The Kier molecular flexibility index (Phi) is 2.66. The SMILES string of the molecule is NCc1ccc(-c2nc(-c3ccc[nH]3)no2)cc1. The first kappa shape index (κ1) is 10.7. The van der Waals surface area contributed by atoms with Crippen LogP contribution in [0.25, 0.3) is 23.0 Å². The van der Waals surface area contributed by atoms with Crippen molar-refractivity contribution in [2.24, 2.45) is 5.73 Å². The van der Waals surface area contributed by atoms with Crippen molar-refractivity contribution in [1.29, 1.82) is 0 Å². The average Bonchev–Trinajstić information content (AvgIpc) is 3.09. The number of rotatable bonds is 3. The van der Waals surface area contributed by atoms with E-state index in [0.717, 1.165) is 16.8 Å². The number of benzene rings is 1. The van der Waals surface area contributed by atoms with Gasteiger partial charge < -0.3 is 15.2 Å². The summed E-state index contributed by atoms with van der Waals surface area (Å²) in [5.74, 6) is 1.06. The van der Waals surface area contributed by atoms with E-state index < -0.39 is 0 Å². The summed E-state index contributed by atoms with van der Waals surface area (Å²) in [7, 11) is 0. The fraction of sp³-hybridized carbons (Fsp3) is 0.0769. The highest BCUT2D eigenvalue weighted by molar-refractivity contribution is 5.57. The highest BCUT2D eigenvalue weighted by Gasteiger charge is 2.10. The lowest BCUT2D eigenvalue weighted by molar-refractivity contribution is 0.432. The minimum atomic E-state index is 0.503. The molecule has 0 bridgehead atoms. The van der Waals surface area contributed by atoms with Gasteiger partial charge in [0.05, 0.1) is 5.69 Å². The summed E-state index contributed by atoms with van der Waals surface area (Å²) in [5, 5.41) is 3.94. The molecule has 2 aromatic heterocycles. The van der Waals surface area contributed by atoms with Crippen molar-refractivity contribution in [3.63, 3.8) is 0 Å². The first-order valence-electron chi connectivity index (χ1n) is 5.63. The summed E-state index contributed by atoms with van der Waals surface area (Å²) < 4.78 is 5.24. The molecular formula is C13H12N4O. The van der Waals surface area contributed by atoms with E-state index in [0.29, 0.717) is 18.3 Å². The van der Waals surface area contributed by atoms with Crippen molar-refractivity contribution in [2.45, 2.75) is 6.54 Å². The maximum atomic E-state index is 5.55. The van der Waals surface area contributed by atoms with Gasteiger partial charge in [-0.15, -0.1) is 0 Å². The summed E-state index contributed by atoms with van der Waals surface area (Å²) in [6, 6.07) is 11.5. The smallest absolute Gasteiger partial charge is 0.258 e. The fourth-order valence-electron chi connectivity index (χ4n) is 1.70. The van der Waals surface area contributed by atoms with E-state index in [2.05, 4.69) is 15.1 Å². The third-order valence-electron chi connectivity index (χ3n) is 2.70. The van der Waals surface area contributed by atoms with Gasteiger partial charge in [-0.1, -0.05) is 17.3 Å². The van der Waals surface area contributed by atoms with E-state index in [1.165, 1.54) is 0 Å². The third-order valence-corrected chi connectivity index (χ3v) is 2.70. The van der Waals surface area contributed by atoms with Gasteiger partial charge >= 0.3 is 0 Å². The summed E-state index contributed by atoms with van der Waals surface area (Å²) >= 11 is 0. The Morgan fingerprint density at radius 3 is 2.67 bits per heavy atom. The molecule has 90 valence electrons. The Labute approximate surface area is 104 Å². The maximum absolute atomic E-state index is 5.55. The van der Waals surface area contributed by atoms with Crippen LogP contribution in [-0.4, -0.2) is 15.1 Å². The van der Waals surface area contributed by atoms with Gasteiger partial charge in [0.2, 0.25) is 5.82 Å². The Morgan fingerprint density at radius 1 is 1.17 bits per heavy atom. The molecule has 0 saturated heterocycles. The number of hydrogen-bond acceptors (Lipinski definition) is 4. The van der Waals surface area contributed by atoms with Gasteiger partial charge in [-0.3, -0.25) is 0 Å². The Bertz CT molecular complexity index is 625. The van der Waals surface area contributed by atoms with Crippen molar-refractivity contribution in [3.8, 4) is 23.0 Å². The van der Waals surface area contributed by atoms with Gasteiger partial charge in [0, 0.05) is 18.3 Å². The number of H-pyrrole nitrogens is 1. The predicted molar refractivity (Wildman–Crippen MR) is 67.4 cm³/mol. The van der Waals surface area contributed by atoms with Crippen LogP contribution in [0.15, 0.2) is 47.1 Å². The van der Waals surface area contributed by atoms with Crippen LogP contribution in [0.1, 0.15) is 5.56 Å². The van der Waals surface area contributed by atoms with Gasteiger partial charge in [0.25, 0.3) is 5.89 Å². The van der Waals surface area contributed by atoms with E-state index >= 15 is 0 Å². The van der Waals surface area contributed by atoms with E-state index in [9.17, 15) is 0 Å². The van der Waals surface area contributed by atoms with Crippen LogP contribution < -0.4 is 5.73 Å². The van der Waals surface area contributed by atoms with Crippen LogP contribution in [0.2, 0.25) is 0 Å². The quantitative estimate of drug-likeness (QED) is 0.735. The first-order chi connectivity index (χ1) is 8.86. The molecule has 0 aliphatic heterocycles. The van der Waals surface area contributed by atoms with Crippen molar-refractivity contribution >= 4 is 0 Å². The van der Waals surface area contributed by atoms with E-state index in [4.69, 9.17) is 10.3 Å². The fourth-order valence-corrected chi connectivity index (χ4v) is 1.70. The number of nitrogens with zero attached hydrogens (tertiary/aromatic N) is 2. The van der Waals surface area contributed by atoms with Crippen molar-refractivity contribution < 1.29 is 4.52 Å². The molecule has 18 heavy (non-hydrogen) atoms. The molecule has 0 atom stereocenters. The van der Waals surface area contributed by atoms with Crippen LogP contribution in [0.5, 0.6) is 0 Å². The molecule has 3 aromatic rings. The lowest BCUT2D eigenvalue weighted by atomic mass is 10.1. The molecule has 0 spiro atoms. The molecule has 0 amide bonds. The monoisotopic (exact) mass is 240 g/mol. The average molecular weight is 240 g/mol. The Morgan fingerprint density at radius 2 is 2.00 bits per heavy atom. The molecule has 0 aliphatic rings. The number of aromatic nitrogens is 3. The number of nitrogens with one attached hydrogen (secondary N) is 1. The van der Waals surface area contributed by atoms with Crippen LogP contribution in [0, 0.1) is 0 Å². The van der Waals surface area contributed by atoms with Crippen LogP contribution in [0.4, 0.5) is 0 Å². The molecular weight excluding hydrogens is 228 g/mol. The molecule has 5 nitrogen and oxygen atoms in total. The standard InChI is InChI=1S/C13H12N4O/c14-8-9-3-5-10(6-4-9)13-16-12(17-18-13)11-2-1-7-15-11/h1-7,15H,8,14H2. The Balaban J connectivity index is 1.92. The maximum Gasteiger partial charge on any atom is 0.258 e. The van der Waals surface area contributed by atoms with Gasteiger partial charge in [0.1, 0.15) is 0 Å². The van der Waals surface area contributed by atoms with Crippen molar-refractivity contribution in [1.82, 2.24) is 15.1 Å². The molecule has 0 radical (unpaired) electrons. The summed E-state index contributed by atoms with van der Waals surface area (Å²) in [6.45, 7) is 0.526. The zero-order valence-corrected chi connectivity index (χ0v) is 9.63. The molecule has 1 aromatic carbocycles. The topological polar surface area (TPSA) is 80.7 Å². The summed E-state index contributed by atoms with van der Waals surface area (Å²) in [4.78, 5) is 7.37. The van der Waals surface area contributed by atoms with Crippen LogP contribution in [-0.2, 0) is 6.54 Å². The van der Waals surface area contributed by atoms with Crippen molar-refractivity contribution in [3.05, 3.63) is 48.2 Å². The van der Waals surface area contributed by atoms with E-state index in [1.807, 2.05) is 42.6 Å². The largest absolute Gasteiger partial charge is 0.359 e. The molecule has 0 fully saturated rings. The highest BCUT2D eigenvalue weighted by atomic mass is 16.5. The molecule has 2 heterocycles. The second-order valence-electron chi connectivity index (χ2n) is 3.91. The zero-order chi connectivity index (χ0) is 12.4. The second-order valence-corrected chi connectivity index (χ2v) is 3.91. The molecule has 0 saturated carbocycles. The van der Waals surface area contributed by atoms with Crippen molar-refractivity contribution in [2.75, 3.05) is 0 Å². The second kappa shape index (κ2) is 4.46. The lowest BCUT2D eigenvalue weighted by Gasteiger charge is -1.97. The first-order valence-corrected chi connectivity index (χ1v) is 5.63.